The fourth-order valence-electron chi connectivity index (χ4n) is 2.26. The van der Waals surface area contributed by atoms with E-state index in [9.17, 15) is 9.50 Å². The lowest BCUT2D eigenvalue weighted by Gasteiger charge is -2.44. The summed E-state index contributed by atoms with van der Waals surface area (Å²) >= 11 is 3.10. The van der Waals surface area contributed by atoms with Crippen molar-refractivity contribution in [2.45, 2.75) is 25.4 Å². The van der Waals surface area contributed by atoms with E-state index in [1.165, 1.54) is 6.07 Å². The van der Waals surface area contributed by atoms with Gasteiger partial charge in [-0.2, -0.15) is 0 Å². The van der Waals surface area contributed by atoms with Crippen LogP contribution in [0.1, 0.15) is 30.9 Å². The Morgan fingerprint density at radius 3 is 2.62 bits per heavy atom. The molecule has 0 aromatic heterocycles. The lowest BCUT2D eigenvalue weighted by Crippen LogP contribution is -2.42. The van der Waals surface area contributed by atoms with Gasteiger partial charge in [0, 0.05) is 12.0 Å². The molecular weight excluding hydrogens is 273 g/mol. The predicted octanol–water partition coefficient (Wildman–Crippen LogP) is 2.75. The normalized spacial score (nSPS) is 20.2. The summed E-state index contributed by atoms with van der Waals surface area (Å²) in [4.78, 5) is 0. The molecular formula is C12H15BrFNO. The number of rotatable bonds is 3. The molecule has 1 aliphatic rings. The molecule has 2 nitrogen and oxygen atoms in total. The molecule has 1 saturated carbocycles. The quantitative estimate of drug-likeness (QED) is 0.898. The molecule has 0 radical (unpaired) electrons. The Morgan fingerprint density at radius 2 is 2.19 bits per heavy atom. The first-order chi connectivity index (χ1) is 7.59. The highest BCUT2D eigenvalue weighted by Crippen LogP contribution is 2.49. The standard InChI is InChI=1S/C12H15BrFNO/c13-9-3-2-8(6-10(9)14)11(16)12(7-15)4-1-5-12/h2-3,6,11,16H,1,4-5,7,15H2. The molecule has 0 saturated heterocycles. The number of nitrogens with two attached hydrogens (primary N) is 1. The summed E-state index contributed by atoms with van der Waals surface area (Å²) in [7, 11) is 0. The molecule has 1 aliphatic carbocycles. The van der Waals surface area contributed by atoms with Gasteiger partial charge < -0.3 is 10.8 Å². The Bertz CT molecular complexity index is 387. The molecule has 1 fully saturated rings. The molecule has 0 aliphatic heterocycles. The lowest BCUT2D eigenvalue weighted by atomic mass is 9.63. The maximum atomic E-state index is 13.4. The first-order valence-corrected chi connectivity index (χ1v) is 6.21. The number of aliphatic hydroxyl groups excluding tert-OH is 1. The maximum Gasteiger partial charge on any atom is 0.137 e. The van der Waals surface area contributed by atoms with Crippen molar-refractivity contribution in [2.24, 2.45) is 11.1 Å². The Balaban J connectivity index is 2.26. The highest BCUT2D eigenvalue weighted by atomic mass is 79.9. The van der Waals surface area contributed by atoms with Crippen molar-refractivity contribution in [1.29, 1.82) is 0 Å². The Labute approximate surface area is 103 Å². The summed E-state index contributed by atoms with van der Waals surface area (Å²) in [5.74, 6) is -0.344. The van der Waals surface area contributed by atoms with Crippen LogP contribution in [0.5, 0.6) is 0 Å². The summed E-state index contributed by atoms with van der Waals surface area (Å²) in [5, 5.41) is 10.2. The monoisotopic (exact) mass is 287 g/mol. The van der Waals surface area contributed by atoms with Crippen LogP contribution >= 0.6 is 15.9 Å². The number of aliphatic hydroxyl groups is 1. The van der Waals surface area contributed by atoms with Gasteiger partial charge in [0.15, 0.2) is 0 Å². The second-order valence-electron chi connectivity index (χ2n) is 4.50. The second-order valence-corrected chi connectivity index (χ2v) is 5.35. The number of halogens is 2. The van der Waals surface area contributed by atoms with Crippen LogP contribution in [-0.4, -0.2) is 11.7 Å². The van der Waals surface area contributed by atoms with Crippen molar-refractivity contribution < 1.29 is 9.50 Å². The minimum atomic E-state index is -0.658. The third-order valence-electron chi connectivity index (χ3n) is 3.60. The van der Waals surface area contributed by atoms with Gasteiger partial charge in [0.05, 0.1) is 10.6 Å². The molecule has 0 bridgehead atoms. The molecule has 1 aromatic carbocycles. The van der Waals surface area contributed by atoms with Crippen molar-refractivity contribution in [3.8, 4) is 0 Å². The predicted molar refractivity (Wildman–Crippen MR) is 64.4 cm³/mol. The van der Waals surface area contributed by atoms with Gasteiger partial charge in [0.1, 0.15) is 5.82 Å². The van der Waals surface area contributed by atoms with Crippen molar-refractivity contribution in [2.75, 3.05) is 6.54 Å². The van der Waals surface area contributed by atoms with Gasteiger partial charge in [-0.3, -0.25) is 0 Å². The van der Waals surface area contributed by atoms with Crippen LogP contribution in [0, 0.1) is 11.2 Å². The summed E-state index contributed by atoms with van der Waals surface area (Å²) in [5.41, 5.74) is 6.09. The third kappa shape index (κ3) is 1.90. The van der Waals surface area contributed by atoms with Gasteiger partial charge in [-0.05, 0) is 46.5 Å². The molecule has 4 heteroatoms. The van der Waals surface area contributed by atoms with E-state index in [0.717, 1.165) is 19.3 Å². The molecule has 1 unspecified atom stereocenters. The average Bonchev–Trinajstić information content (AvgIpc) is 2.21. The minimum Gasteiger partial charge on any atom is -0.388 e. The van der Waals surface area contributed by atoms with E-state index in [1.807, 2.05) is 0 Å². The fraction of sp³-hybridized carbons (Fsp3) is 0.500. The van der Waals surface area contributed by atoms with E-state index >= 15 is 0 Å². The molecule has 0 amide bonds. The summed E-state index contributed by atoms with van der Waals surface area (Å²) in [6.45, 7) is 0.450. The van der Waals surface area contributed by atoms with Crippen LogP contribution in [0.2, 0.25) is 0 Å². The second kappa shape index (κ2) is 4.43. The van der Waals surface area contributed by atoms with Crippen LogP contribution in [-0.2, 0) is 0 Å². The Morgan fingerprint density at radius 1 is 1.50 bits per heavy atom. The molecule has 1 atom stereocenters. The number of hydrogen-bond donors (Lipinski definition) is 2. The smallest absolute Gasteiger partial charge is 0.137 e. The zero-order valence-electron chi connectivity index (χ0n) is 8.92. The van der Waals surface area contributed by atoms with Gasteiger partial charge in [0.2, 0.25) is 0 Å². The van der Waals surface area contributed by atoms with Crippen LogP contribution in [0.25, 0.3) is 0 Å². The van der Waals surface area contributed by atoms with Crippen molar-refractivity contribution in [3.05, 3.63) is 34.1 Å². The van der Waals surface area contributed by atoms with Crippen LogP contribution in [0.4, 0.5) is 4.39 Å². The SMILES string of the molecule is NCC1(C(O)c2ccc(Br)c(F)c2)CCC1. The fourth-order valence-corrected chi connectivity index (χ4v) is 2.50. The van der Waals surface area contributed by atoms with Crippen molar-refractivity contribution in [1.82, 2.24) is 0 Å². The van der Waals surface area contributed by atoms with Gasteiger partial charge in [0.25, 0.3) is 0 Å². The lowest BCUT2D eigenvalue weighted by molar-refractivity contribution is -0.0298. The van der Waals surface area contributed by atoms with Gasteiger partial charge in [-0.15, -0.1) is 0 Å². The highest BCUT2D eigenvalue weighted by Gasteiger charge is 2.42. The summed E-state index contributed by atoms with van der Waals surface area (Å²) < 4.78 is 13.8. The first-order valence-electron chi connectivity index (χ1n) is 5.42. The van der Waals surface area contributed by atoms with Crippen LogP contribution in [0.15, 0.2) is 22.7 Å². The third-order valence-corrected chi connectivity index (χ3v) is 4.24. The molecule has 16 heavy (non-hydrogen) atoms. The van der Waals surface area contributed by atoms with E-state index in [1.54, 1.807) is 12.1 Å². The first kappa shape index (κ1) is 12.0. The largest absolute Gasteiger partial charge is 0.388 e. The highest BCUT2D eigenvalue weighted by molar-refractivity contribution is 9.10. The van der Waals surface area contributed by atoms with Crippen molar-refractivity contribution >= 4 is 15.9 Å². The Hall–Kier alpha value is -0.450. The van der Waals surface area contributed by atoms with Crippen LogP contribution in [0.3, 0.4) is 0 Å². The molecule has 1 aromatic rings. The van der Waals surface area contributed by atoms with Crippen molar-refractivity contribution in [3.63, 3.8) is 0 Å². The average molecular weight is 288 g/mol. The van der Waals surface area contributed by atoms with Gasteiger partial charge in [-0.1, -0.05) is 12.5 Å². The zero-order chi connectivity index (χ0) is 11.8. The summed E-state index contributed by atoms with van der Waals surface area (Å²) in [6, 6.07) is 4.74. The van der Waals surface area contributed by atoms with Gasteiger partial charge in [-0.25, -0.2) is 4.39 Å². The number of hydrogen-bond acceptors (Lipinski definition) is 2. The van der Waals surface area contributed by atoms with E-state index in [2.05, 4.69) is 15.9 Å². The van der Waals surface area contributed by atoms with E-state index < -0.39 is 6.10 Å². The molecule has 0 heterocycles. The molecule has 2 rings (SSSR count). The molecule has 88 valence electrons. The molecule has 0 spiro atoms. The Kier molecular flexibility index (Phi) is 3.33. The number of benzene rings is 1. The minimum absolute atomic E-state index is 0.236. The maximum absolute atomic E-state index is 13.4. The molecule has 3 N–H and O–H groups in total. The van der Waals surface area contributed by atoms with Gasteiger partial charge >= 0.3 is 0 Å². The topological polar surface area (TPSA) is 46.2 Å². The van der Waals surface area contributed by atoms with E-state index in [-0.39, 0.29) is 11.2 Å². The zero-order valence-corrected chi connectivity index (χ0v) is 10.5. The summed E-state index contributed by atoms with van der Waals surface area (Å²) in [6.07, 6.45) is 2.27. The van der Waals surface area contributed by atoms with E-state index in [4.69, 9.17) is 5.73 Å². The van der Waals surface area contributed by atoms with E-state index in [0.29, 0.717) is 16.6 Å². The van der Waals surface area contributed by atoms with Crippen LogP contribution < -0.4 is 5.73 Å².